The number of nitrogens with zero attached hydrogens (tertiary/aromatic N) is 5. The van der Waals surface area contributed by atoms with E-state index in [2.05, 4.69) is 20.4 Å². The molecule has 37 heavy (non-hydrogen) atoms. The monoisotopic (exact) mass is 525 g/mol. The van der Waals surface area contributed by atoms with E-state index >= 15 is 0 Å². The number of nitrogens with two attached hydrogens (primary N) is 1. The van der Waals surface area contributed by atoms with Crippen LogP contribution in [0.1, 0.15) is 55.7 Å². The second kappa shape index (κ2) is 9.22. The van der Waals surface area contributed by atoms with Crippen molar-refractivity contribution in [1.29, 1.82) is 0 Å². The van der Waals surface area contributed by atoms with Crippen LogP contribution in [0.2, 0.25) is 5.02 Å². The molecule has 1 aliphatic heterocycles. The first kappa shape index (κ1) is 24.8. The molecule has 0 saturated carbocycles. The SMILES string of the molecule is Cc1ccc2oc(NC(=O)c3nn([C@@H]4CCCN(C(=O)OC(C)(C)C)C4)c4c(Cl)cnc(N)c34)nc2c1. The summed E-state index contributed by atoms with van der Waals surface area (Å²) < 4.78 is 12.9. The van der Waals surface area contributed by atoms with Crippen molar-refractivity contribution in [1.82, 2.24) is 24.6 Å². The van der Waals surface area contributed by atoms with E-state index in [9.17, 15) is 9.59 Å². The Bertz CT molecular complexity index is 1520. The zero-order valence-electron chi connectivity index (χ0n) is 21.0. The van der Waals surface area contributed by atoms with Crippen molar-refractivity contribution in [2.75, 3.05) is 24.1 Å². The highest BCUT2D eigenvalue weighted by Crippen LogP contribution is 2.34. The molecule has 3 N–H and O–H groups in total. The van der Waals surface area contributed by atoms with Gasteiger partial charge in [-0.05, 0) is 58.2 Å². The Labute approximate surface area is 217 Å². The van der Waals surface area contributed by atoms with E-state index < -0.39 is 17.6 Å². The van der Waals surface area contributed by atoms with Gasteiger partial charge in [-0.3, -0.25) is 14.8 Å². The minimum absolute atomic E-state index is 0.0373. The Hall–Kier alpha value is -3.86. The number of rotatable bonds is 3. The molecule has 0 spiro atoms. The summed E-state index contributed by atoms with van der Waals surface area (Å²) in [6, 6.07) is 5.33. The molecule has 194 valence electrons. The van der Waals surface area contributed by atoms with Gasteiger partial charge in [0.05, 0.1) is 28.2 Å². The van der Waals surface area contributed by atoms with Gasteiger partial charge >= 0.3 is 12.1 Å². The lowest BCUT2D eigenvalue weighted by molar-refractivity contribution is 0.0169. The van der Waals surface area contributed by atoms with Gasteiger partial charge in [-0.2, -0.15) is 10.1 Å². The van der Waals surface area contributed by atoms with Crippen molar-refractivity contribution in [3.63, 3.8) is 0 Å². The van der Waals surface area contributed by atoms with Crippen molar-refractivity contribution in [3.8, 4) is 0 Å². The first-order valence-electron chi connectivity index (χ1n) is 12.0. The summed E-state index contributed by atoms with van der Waals surface area (Å²) >= 11 is 6.54. The summed E-state index contributed by atoms with van der Waals surface area (Å²) in [5.74, 6) is -0.452. The number of ether oxygens (including phenoxy) is 1. The van der Waals surface area contributed by atoms with Crippen LogP contribution >= 0.6 is 11.6 Å². The number of amides is 2. The Morgan fingerprint density at radius 2 is 2.08 bits per heavy atom. The quantitative estimate of drug-likeness (QED) is 0.383. The third-order valence-electron chi connectivity index (χ3n) is 6.08. The van der Waals surface area contributed by atoms with Crippen LogP contribution in [0.4, 0.5) is 16.6 Å². The van der Waals surface area contributed by atoms with Gasteiger partial charge < -0.3 is 19.8 Å². The second-order valence-electron chi connectivity index (χ2n) is 10.2. The Morgan fingerprint density at radius 3 is 2.84 bits per heavy atom. The lowest BCUT2D eigenvalue weighted by atomic mass is 10.1. The number of nitrogen functional groups attached to an aromatic ring is 1. The topological polar surface area (TPSA) is 141 Å². The maximum atomic E-state index is 13.4. The number of fused-ring (bicyclic) bond motifs is 2. The normalized spacial score (nSPS) is 16.4. The molecule has 3 aromatic heterocycles. The van der Waals surface area contributed by atoms with Gasteiger partial charge in [0, 0.05) is 13.1 Å². The number of hydrogen-bond donors (Lipinski definition) is 2. The number of aromatic nitrogens is 4. The number of hydrogen-bond acceptors (Lipinski definition) is 8. The molecule has 4 aromatic rings. The summed E-state index contributed by atoms with van der Waals surface area (Å²) in [7, 11) is 0. The Morgan fingerprint density at radius 1 is 1.30 bits per heavy atom. The van der Waals surface area contributed by atoms with Crippen molar-refractivity contribution >= 4 is 57.4 Å². The fraction of sp³-hybridized carbons (Fsp3) is 0.400. The van der Waals surface area contributed by atoms with Crippen LogP contribution in [0.3, 0.4) is 0 Å². The summed E-state index contributed by atoms with van der Waals surface area (Å²) in [5.41, 5.74) is 8.29. The number of likely N-dealkylation sites (tertiary alicyclic amines) is 1. The third kappa shape index (κ3) is 4.91. The van der Waals surface area contributed by atoms with Gasteiger partial charge in [0.1, 0.15) is 16.9 Å². The van der Waals surface area contributed by atoms with E-state index in [4.69, 9.17) is 26.5 Å². The molecule has 0 bridgehead atoms. The molecule has 4 heterocycles. The molecule has 0 unspecified atom stereocenters. The smallest absolute Gasteiger partial charge is 0.410 e. The van der Waals surface area contributed by atoms with Gasteiger partial charge in [0.2, 0.25) is 0 Å². The molecular weight excluding hydrogens is 498 g/mol. The van der Waals surface area contributed by atoms with E-state index in [-0.39, 0.29) is 23.6 Å². The highest BCUT2D eigenvalue weighted by Gasteiger charge is 2.32. The van der Waals surface area contributed by atoms with Gasteiger partial charge in [-0.15, -0.1) is 0 Å². The number of nitrogens with one attached hydrogen (secondary N) is 1. The maximum absolute atomic E-state index is 13.4. The van der Waals surface area contributed by atoms with Gasteiger partial charge in [-0.1, -0.05) is 17.7 Å². The lowest BCUT2D eigenvalue weighted by Gasteiger charge is -2.34. The largest absolute Gasteiger partial charge is 0.444 e. The number of carbonyl (C=O) groups excluding carboxylic acids is 2. The van der Waals surface area contributed by atoms with E-state index in [0.717, 1.165) is 18.4 Å². The molecule has 0 radical (unpaired) electrons. The molecule has 2 amide bonds. The first-order chi connectivity index (χ1) is 17.5. The predicted molar refractivity (Wildman–Crippen MR) is 140 cm³/mol. The fourth-order valence-corrected chi connectivity index (χ4v) is 4.70. The van der Waals surface area contributed by atoms with Crippen LogP contribution in [0, 0.1) is 6.92 Å². The van der Waals surface area contributed by atoms with Crippen LogP contribution in [0.25, 0.3) is 22.0 Å². The van der Waals surface area contributed by atoms with E-state index in [1.807, 2.05) is 39.8 Å². The lowest BCUT2D eigenvalue weighted by Crippen LogP contribution is -2.43. The molecule has 5 rings (SSSR count). The number of halogens is 1. The summed E-state index contributed by atoms with van der Waals surface area (Å²) in [5, 5.41) is 7.91. The average Bonchev–Trinajstić information content (AvgIpc) is 3.42. The zero-order chi connectivity index (χ0) is 26.5. The summed E-state index contributed by atoms with van der Waals surface area (Å²) in [4.78, 5) is 36.2. The van der Waals surface area contributed by atoms with Crippen molar-refractivity contribution < 1.29 is 18.7 Å². The number of benzene rings is 1. The second-order valence-corrected chi connectivity index (χ2v) is 10.6. The number of aryl methyl sites for hydroxylation is 1. The fourth-order valence-electron chi connectivity index (χ4n) is 4.47. The van der Waals surface area contributed by atoms with E-state index in [1.165, 1.54) is 6.20 Å². The molecule has 1 aromatic carbocycles. The number of piperidine rings is 1. The molecule has 1 saturated heterocycles. The molecule has 11 nitrogen and oxygen atoms in total. The maximum Gasteiger partial charge on any atom is 0.410 e. The van der Waals surface area contributed by atoms with Crippen LogP contribution < -0.4 is 11.1 Å². The molecule has 12 heteroatoms. The average molecular weight is 526 g/mol. The molecule has 0 aliphatic carbocycles. The third-order valence-corrected chi connectivity index (χ3v) is 6.36. The summed E-state index contributed by atoms with van der Waals surface area (Å²) in [6.07, 6.45) is 2.48. The highest BCUT2D eigenvalue weighted by molar-refractivity contribution is 6.36. The van der Waals surface area contributed by atoms with Crippen molar-refractivity contribution in [2.45, 2.75) is 52.2 Å². The molecule has 1 fully saturated rings. The summed E-state index contributed by atoms with van der Waals surface area (Å²) in [6.45, 7) is 8.33. The van der Waals surface area contributed by atoms with Gasteiger partial charge in [-0.25, -0.2) is 9.78 Å². The Kier molecular flexibility index (Phi) is 6.18. The van der Waals surface area contributed by atoms with Crippen molar-refractivity contribution in [3.05, 3.63) is 40.7 Å². The minimum Gasteiger partial charge on any atom is -0.444 e. The number of carbonyl (C=O) groups is 2. The molecular formula is C25H28ClN7O4. The van der Waals surface area contributed by atoms with Crippen LogP contribution in [0.15, 0.2) is 28.8 Å². The number of anilines is 2. The minimum atomic E-state index is -0.611. The zero-order valence-corrected chi connectivity index (χ0v) is 21.8. The molecule has 1 atom stereocenters. The molecule has 1 aliphatic rings. The van der Waals surface area contributed by atoms with Crippen LogP contribution in [-0.4, -0.2) is 55.3 Å². The van der Waals surface area contributed by atoms with Crippen LogP contribution in [-0.2, 0) is 4.74 Å². The van der Waals surface area contributed by atoms with Gasteiger partial charge in [0.15, 0.2) is 11.3 Å². The number of oxazole rings is 1. The first-order valence-corrected chi connectivity index (χ1v) is 12.4. The predicted octanol–water partition coefficient (Wildman–Crippen LogP) is 4.94. The van der Waals surface area contributed by atoms with E-state index in [0.29, 0.717) is 40.1 Å². The van der Waals surface area contributed by atoms with Crippen LogP contribution in [0.5, 0.6) is 0 Å². The van der Waals surface area contributed by atoms with Gasteiger partial charge in [0.25, 0.3) is 5.91 Å². The van der Waals surface area contributed by atoms with E-state index in [1.54, 1.807) is 15.6 Å². The standard InChI is InChI=1S/C25H28ClN7O4/c1-13-7-8-17-16(10-13)29-23(36-17)30-22(34)19-18-20(15(26)11-28-21(18)27)33(31-19)14-6-5-9-32(12-14)24(35)37-25(2,3)4/h7-8,10-11,14H,5-6,9,12H2,1-4H3,(H2,27,28)(H,29,30,34)/t14-/m1/s1. The Balaban J connectivity index is 1.49. The van der Waals surface area contributed by atoms with Crippen molar-refractivity contribution in [2.24, 2.45) is 0 Å². The number of pyridine rings is 1. The highest BCUT2D eigenvalue weighted by atomic mass is 35.5.